The van der Waals surface area contributed by atoms with Gasteiger partial charge in [0.25, 0.3) is 0 Å². The van der Waals surface area contributed by atoms with Crippen LogP contribution in [0.1, 0.15) is 0 Å². The van der Waals surface area contributed by atoms with E-state index in [0.717, 1.165) is 25.2 Å². The molecule has 1 heterocycles. The number of hydrogen-bond donors (Lipinski definition) is 0. The summed E-state index contributed by atoms with van der Waals surface area (Å²) in [5, 5.41) is 0. The van der Waals surface area contributed by atoms with Gasteiger partial charge in [0.15, 0.2) is 0 Å². The smallest absolute Gasteiger partial charge is 0.355 e. The Morgan fingerprint density at radius 3 is 2.43 bits per heavy atom. The number of esters is 2. The highest BCUT2D eigenvalue weighted by atomic mass is 79.9. The Kier molecular flexibility index (Phi) is 5.32. The second-order valence-electron chi connectivity index (χ2n) is 4.43. The fourth-order valence-corrected chi connectivity index (χ4v) is 2.38. The fraction of sp³-hybridized carbons (Fsp3) is 0.286. The predicted octanol–water partition coefficient (Wildman–Crippen LogP) is 2.12. The molecule has 0 bridgehead atoms. The maximum Gasteiger partial charge on any atom is 0.355 e. The highest BCUT2D eigenvalue weighted by Crippen LogP contribution is 2.32. The van der Waals surface area contributed by atoms with Crippen LogP contribution in [0.3, 0.4) is 0 Å². The van der Waals surface area contributed by atoms with Crippen molar-refractivity contribution in [1.29, 1.82) is 0 Å². The summed E-state index contributed by atoms with van der Waals surface area (Å²) in [6.45, 7) is -0.419. The van der Waals surface area contributed by atoms with E-state index in [1.807, 2.05) is 0 Å². The standard InChI is InChI=1S/C14H12BrF2NO5/c1-21-13(19)7-5-23-6-18(12(7)14(20)22-2)11-3-8(15)9(16)4-10(11)17/h3-4H,5-6H2,1-2H3. The Labute approximate surface area is 138 Å². The highest BCUT2D eigenvalue weighted by Gasteiger charge is 2.33. The molecule has 6 nitrogen and oxygen atoms in total. The normalized spacial score (nSPS) is 14.7. The predicted molar refractivity (Wildman–Crippen MR) is 78.4 cm³/mol. The molecule has 0 aromatic heterocycles. The number of methoxy groups -OCH3 is 2. The molecule has 0 saturated carbocycles. The number of benzene rings is 1. The SMILES string of the molecule is COC(=O)C1=C(C(=O)OC)N(c2cc(Br)c(F)cc2F)COC1. The lowest BCUT2D eigenvalue weighted by molar-refractivity contribution is -0.140. The van der Waals surface area contributed by atoms with Gasteiger partial charge in [-0.2, -0.15) is 0 Å². The summed E-state index contributed by atoms with van der Waals surface area (Å²) >= 11 is 2.95. The second-order valence-corrected chi connectivity index (χ2v) is 5.29. The fourth-order valence-electron chi connectivity index (χ4n) is 2.05. The van der Waals surface area contributed by atoms with E-state index in [9.17, 15) is 18.4 Å². The zero-order chi connectivity index (χ0) is 17.1. The average molecular weight is 392 g/mol. The van der Waals surface area contributed by atoms with Crippen molar-refractivity contribution in [2.45, 2.75) is 0 Å². The summed E-state index contributed by atoms with van der Waals surface area (Å²) in [5.74, 6) is -3.41. The summed E-state index contributed by atoms with van der Waals surface area (Å²) in [6.07, 6.45) is 0. The first kappa shape index (κ1) is 17.4. The molecular weight excluding hydrogens is 380 g/mol. The third-order valence-electron chi connectivity index (χ3n) is 3.11. The van der Waals surface area contributed by atoms with Crippen LogP contribution in [0.2, 0.25) is 0 Å². The largest absolute Gasteiger partial charge is 0.466 e. The van der Waals surface area contributed by atoms with E-state index in [1.165, 1.54) is 0 Å². The van der Waals surface area contributed by atoms with Crippen molar-refractivity contribution in [1.82, 2.24) is 0 Å². The van der Waals surface area contributed by atoms with E-state index in [1.54, 1.807) is 0 Å². The van der Waals surface area contributed by atoms with E-state index in [2.05, 4.69) is 25.4 Å². The molecule has 1 aliphatic heterocycles. The van der Waals surface area contributed by atoms with Gasteiger partial charge < -0.3 is 19.1 Å². The van der Waals surface area contributed by atoms with Crippen LogP contribution in [-0.4, -0.2) is 39.5 Å². The lowest BCUT2D eigenvalue weighted by Crippen LogP contribution is -2.39. The van der Waals surface area contributed by atoms with E-state index >= 15 is 0 Å². The van der Waals surface area contributed by atoms with Crippen LogP contribution in [0.4, 0.5) is 14.5 Å². The van der Waals surface area contributed by atoms with Gasteiger partial charge in [-0.05, 0) is 22.0 Å². The van der Waals surface area contributed by atoms with Crippen molar-refractivity contribution in [2.24, 2.45) is 0 Å². The number of hydrogen-bond acceptors (Lipinski definition) is 6. The van der Waals surface area contributed by atoms with Crippen LogP contribution in [0, 0.1) is 11.6 Å². The zero-order valence-corrected chi connectivity index (χ0v) is 13.8. The monoisotopic (exact) mass is 391 g/mol. The van der Waals surface area contributed by atoms with Crippen molar-refractivity contribution in [3.8, 4) is 0 Å². The number of rotatable bonds is 3. The Balaban J connectivity index is 2.62. The van der Waals surface area contributed by atoms with Crippen molar-refractivity contribution in [3.05, 3.63) is 39.5 Å². The molecule has 124 valence electrons. The number of ether oxygens (including phenoxy) is 3. The Morgan fingerprint density at radius 1 is 1.17 bits per heavy atom. The number of nitrogens with zero attached hydrogens (tertiary/aromatic N) is 1. The second kappa shape index (κ2) is 7.05. The number of carbonyl (C=O) groups is 2. The molecule has 0 spiro atoms. The molecule has 0 aliphatic carbocycles. The molecule has 1 aromatic rings. The summed E-state index contributed by atoms with van der Waals surface area (Å²) in [6, 6.07) is 1.79. The third kappa shape index (κ3) is 3.35. The van der Waals surface area contributed by atoms with Crippen LogP contribution >= 0.6 is 15.9 Å². The summed E-state index contributed by atoms with van der Waals surface area (Å²) in [7, 11) is 2.26. The van der Waals surface area contributed by atoms with E-state index in [-0.39, 0.29) is 34.8 Å². The molecule has 0 radical (unpaired) electrons. The Morgan fingerprint density at radius 2 is 1.83 bits per heavy atom. The van der Waals surface area contributed by atoms with Crippen LogP contribution in [0.15, 0.2) is 27.9 Å². The van der Waals surface area contributed by atoms with Gasteiger partial charge in [0.05, 0.1) is 36.6 Å². The molecule has 23 heavy (non-hydrogen) atoms. The van der Waals surface area contributed by atoms with E-state index < -0.39 is 23.6 Å². The average Bonchev–Trinajstić information content (AvgIpc) is 2.56. The molecule has 9 heteroatoms. The topological polar surface area (TPSA) is 65.1 Å². The van der Waals surface area contributed by atoms with Crippen molar-refractivity contribution < 1.29 is 32.6 Å². The molecule has 2 rings (SSSR count). The van der Waals surface area contributed by atoms with E-state index in [4.69, 9.17) is 4.74 Å². The van der Waals surface area contributed by atoms with Crippen LogP contribution in [-0.2, 0) is 23.8 Å². The molecule has 0 unspecified atom stereocenters. The van der Waals surface area contributed by atoms with Crippen molar-refractivity contribution >= 4 is 33.6 Å². The number of carbonyl (C=O) groups excluding carboxylic acids is 2. The Hall–Kier alpha value is -2.00. The third-order valence-corrected chi connectivity index (χ3v) is 3.72. The van der Waals surface area contributed by atoms with Crippen molar-refractivity contribution in [3.63, 3.8) is 0 Å². The summed E-state index contributed by atoms with van der Waals surface area (Å²) < 4.78 is 42.0. The van der Waals surface area contributed by atoms with Crippen LogP contribution in [0.25, 0.3) is 0 Å². The number of halogens is 3. The van der Waals surface area contributed by atoms with Gasteiger partial charge in [-0.15, -0.1) is 0 Å². The lowest BCUT2D eigenvalue weighted by atomic mass is 10.1. The first-order valence-corrected chi connectivity index (χ1v) is 7.09. The molecule has 0 atom stereocenters. The van der Waals surface area contributed by atoms with Gasteiger partial charge in [-0.1, -0.05) is 0 Å². The van der Waals surface area contributed by atoms with Gasteiger partial charge in [0.1, 0.15) is 24.1 Å². The lowest BCUT2D eigenvalue weighted by Gasteiger charge is -2.31. The zero-order valence-electron chi connectivity index (χ0n) is 12.2. The first-order valence-electron chi connectivity index (χ1n) is 6.30. The van der Waals surface area contributed by atoms with Gasteiger partial charge in [0.2, 0.25) is 0 Å². The number of anilines is 1. The molecule has 0 fully saturated rings. The van der Waals surface area contributed by atoms with Crippen LogP contribution in [0.5, 0.6) is 0 Å². The van der Waals surface area contributed by atoms with Gasteiger partial charge in [-0.3, -0.25) is 0 Å². The summed E-state index contributed by atoms with van der Waals surface area (Å²) in [5.41, 5.74) is -0.492. The molecule has 0 amide bonds. The van der Waals surface area contributed by atoms with Gasteiger partial charge in [-0.25, -0.2) is 18.4 Å². The van der Waals surface area contributed by atoms with Crippen LogP contribution < -0.4 is 4.90 Å². The highest BCUT2D eigenvalue weighted by molar-refractivity contribution is 9.10. The molecule has 1 aromatic carbocycles. The van der Waals surface area contributed by atoms with Gasteiger partial charge >= 0.3 is 11.9 Å². The Bertz CT molecular complexity index is 692. The minimum atomic E-state index is -0.929. The molecule has 0 N–H and O–H groups in total. The maximum absolute atomic E-state index is 14.1. The minimum absolute atomic E-state index is 0.0108. The molecular formula is C14H12BrF2NO5. The molecule has 1 aliphatic rings. The molecule has 0 saturated heterocycles. The minimum Gasteiger partial charge on any atom is -0.466 e. The van der Waals surface area contributed by atoms with Gasteiger partial charge in [0, 0.05) is 6.07 Å². The summed E-state index contributed by atoms with van der Waals surface area (Å²) in [4.78, 5) is 25.0. The van der Waals surface area contributed by atoms with Crippen molar-refractivity contribution in [2.75, 3.05) is 32.5 Å². The van der Waals surface area contributed by atoms with E-state index in [0.29, 0.717) is 6.07 Å². The maximum atomic E-state index is 14.1. The first-order chi connectivity index (χ1) is 10.9. The quantitative estimate of drug-likeness (QED) is 0.580.